The van der Waals surface area contributed by atoms with Gasteiger partial charge in [0.2, 0.25) is 0 Å². The zero-order chi connectivity index (χ0) is 5.49. The van der Waals surface area contributed by atoms with Crippen LogP contribution in [0.3, 0.4) is 0 Å². The molecule has 7 heavy (non-hydrogen) atoms. The van der Waals surface area contributed by atoms with Gasteiger partial charge in [0, 0.05) is 0 Å². The predicted octanol–water partition coefficient (Wildman–Crippen LogP) is 1.29. The lowest BCUT2D eigenvalue weighted by Gasteiger charge is -2.07. The van der Waals surface area contributed by atoms with E-state index < -0.39 is 0 Å². The van der Waals surface area contributed by atoms with Crippen molar-refractivity contribution in [2.45, 2.75) is 30.2 Å². The van der Waals surface area contributed by atoms with Gasteiger partial charge in [-0.2, -0.15) is 0 Å². The molecule has 1 N–H and O–H groups in total. The number of hydrogen-bond donors (Lipinski definition) is 1. The Bertz CT molecular complexity index is 76.1. The maximum absolute atomic E-state index is 8.90. The third-order valence-corrected chi connectivity index (χ3v) is 2.93. The molecular formula is C5H9BrO. The monoisotopic (exact) mass is 164 g/mol. The number of hydrogen-bond acceptors (Lipinski definition) is 1. The highest BCUT2D eigenvalue weighted by atomic mass is 79.9. The first-order valence-corrected chi connectivity index (χ1v) is 3.31. The molecule has 0 amide bonds. The van der Waals surface area contributed by atoms with Crippen LogP contribution in [0, 0.1) is 0 Å². The topological polar surface area (TPSA) is 20.2 Å². The molecule has 1 aliphatic carbocycles. The Hall–Kier alpha value is 0.440. The summed E-state index contributed by atoms with van der Waals surface area (Å²) in [5.41, 5.74) is 0. The van der Waals surface area contributed by atoms with Gasteiger partial charge in [0.15, 0.2) is 0 Å². The highest BCUT2D eigenvalue weighted by Crippen LogP contribution is 2.47. The summed E-state index contributed by atoms with van der Waals surface area (Å²) in [4.78, 5) is 0. The predicted molar refractivity (Wildman–Crippen MR) is 32.6 cm³/mol. The fourth-order valence-electron chi connectivity index (χ4n) is 0.537. The highest BCUT2D eigenvalue weighted by molar-refractivity contribution is 9.10. The van der Waals surface area contributed by atoms with Crippen LogP contribution >= 0.6 is 15.9 Å². The van der Waals surface area contributed by atoms with Crippen LogP contribution in [-0.2, 0) is 0 Å². The van der Waals surface area contributed by atoms with E-state index in [1.54, 1.807) is 0 Å². The van der Waals surface area contributed by atoms with E-state index in [9.17, 15) is 0 Å². The van der Waals surface area contributed by atoms with E-state index in [2.05, 4.69) is 15.9 Å². The molecule has 1 nitrogen and oxygen atoms in total. The number of halogens is 1. The fraction of sp³-hybridized carbons (Fsp3) is 1.00. The van der Waals surface area contributed by atoms with Crippen molar-refractivity contribution in [1.82, 2.24) is 0 Å². The van der Waals surface area contributed by atoms with Crippen molar-refractivity contribution in [2.24, 2.45) is 0 Å². The van der Waals surface area contributed by atoms with Gasteiger partial charge in [-0.1, -0.05) is 15.9 Å². The smallest absolute Gasteiger partial charge is 0.0665 e. The standard InChI is InChI=1S/C5H9BrO/c1-4(7)5(6)2-3-5/h4,7H,2-3H2,1H3. The van der Waals surface area contributed by atoms with Crippen molar-refractivity contribution in [3.05, 3.63) is 0 Å². The molecule has 0 aromatic heterocycles. The van der Waals surface area contributed by atoms with Gasteiger partial charge in [-0.25, -0.2) is 0 Å². The van der Waals surface area contributed by atoms with Crippen molar-refractivity contribution in [3.63, 3.8) is 0 Å². The van der Waals surface area contributed by atoms with Crippen LogP contribution in [0.1, 0.15) is 19.8 Å². The minimum atomic E-state index is -0.174. The molecule has 1 rings (SSSR count). The van der Waals surface area contributed by atoms with E-state index in [1.807, 2.05) is 6.92 Å². The van der Waals surface area contributed by atoms with Crippen LogP contribution in [0.15, 0.2) is 0 Å². The van der Waals surface area contributed by atoms with E-state index in [-0.39, 0.29) is 10.4 Å². The number of rotatable bonds is 1. The van der Waals surface area contributed by atoms with Gasteiger partial charge in [0.05, 0.1) is 10.4 Å². The Morgan fingerprint density at radius 1 is 1.71 bits per heavy atom. The second-order valence-electron chi connectivity index (χ2n) is 2.21. The van der Waals surface area contributed by atoms with Gasteiger partial charge in [-0.05, 0) is 19.8 Å². The molecule has 1 saturated carbocycles. The molecule has 0 bridgehead atoms. The van der Waals surface area contributed by atoms with Crippen LogP contribution in [-0.4, -0.2) is 15.5 Å². The van der Waals surface area contributed by atoms with Crippen LogP contribution < -0.4 is 0 Å². The SMILES string of the molecule is CC(O)C1(Br)CC1. The Kier molecular flexibility index (Phi) is 1.16. The number of aliphatic hydroxyl groups excluding tert-OH is 1. The minimum Gasteiger partial charge on any atom is -0.392 e. The van der Waals surface area contributed by atoms with Crippen LogP contribution in [0.2, 0.25) is 0 Å². The molecule has 42 valence electrons. The van der Waals surface area contributed by atoms with Crippen molar-refractivity contribution < 1.29 is 5.11 Å². The van der Waals surface area contributed by atoms with Crippen LogP contribution in [0.4, 0.5) is 0 Å². The Morgan fingerprint density at radius 2 is 2.14 bits per heavy atom. The highest BCUT2D eigenvalue weighted by Gasteiger charge is 2.44. The number of aliphatic hydroxyl groups is 1. The molecule has 1 unspecified atom stereocenters. The summed E-state index contributed by atoms with van der Waals surface area (Å²) < 4.78 is 0.118. The lowest BCUT2D eigenvalue weighted by molar-refractivity contribution is 0.186. The average molecular weight is 165 g/mol. The summed E-state index contributed by atoms with van der Waals surface area (Å²) in [5, 5.41) is 8.90. The van der Waals surface area contributed by atoms with Crippen molar-refractivity contribution in [3.8, 4) is 0 Å². The zero-order valence-electron chi connectivity index (χ0n) is 4.32. The molecule has 0 saturated heterocycles. The third-order valence-electron chi connectivity index (χ3n) is 1.48. The van der Waals surface area contributed by atoms with Crippen LogP contribution in [0.25, 0.3) is 0 Å². The summed E-state index contributed by atoms with van der Waals surface area (Å²) in [6.07, 6.45) is 2.09. The zero-order valence-corrected chi connectivity index (χ0v) is 5.90. The van der Waals surface area contributed by atoms with Gasteiger partial charge >= 0.3 is 0 Å². The van der Waals surface area contributed by atoms with Gasteiger partial charge in [0.25, 0.3) is 0 Å². The lowest BCUT2D eigenvalue weighted by atomic mass is 10.3. The van der Waals surface area contributed by atoms with Crippen molar-refractivity contribution in [1.29, 1.82) is 0 Å². The first-order chi connectivity index (χ1) is 3.15. The quantitative estimate of drug-likeness (QED) is 0.580. The summed E-state index contributed by atoms with van der Waals surface area (Å²) in [6.45, 7) is 1.82. The Balaban J connectivity index is 2.39. The van der Waals surface area contributed by atoms with Crippen molar-refractivity contribution >= 4 is 15.9 Å². The molecule has 2 heteroatoms. The fourth-order valence-corrected chi connectivity index (χ4v) is 0.735. The molecule has 1 fully saturated rings. The van der Waals surface area contributed by atoms with E-state index in [1.165, 1.54) is 0 Å². The third kappa shape index (κ3) is 0.970. The Morgan fingerprint density at radius 3 is 2.14 bits per heavy atom. The maximum Gasteiger partial charge on any atom is 0.0665 e. The molecule has 0 spiro atoms. The van der Waals surface area contributed by atoms with Crippen molar-refractivity contribution in [2.75, 3.05) is 0 Å². The van der Waals surface area contributed by atoms with E-state index in [0.717, 1.165) is 12.8 Å². The van der Waals surface area contributed by atoms with Gasteiger partial charge in [-0.3, -0.25) is 0 Å². The molecule has 0 aromatic carbocycles. The summed E-state index contributed by atoms with van der Waals surface area (Å²) in [7, 11) is 0. The van der Waals surface area contributed by atoms with E-state index in [0.29, 0.717) is 0 Å². The van der Waals surface area contributed by atoms with Gasteiger partial charge < -0.3 is 5.11 Å². The van der Waals surface area contributed by atoms with Gasteiger partial charge in [0.1, 0.15) is 0 Å². The molecule has 0 aliphatic heterocycles. The average Bonchev–Trinajstić information content (AvgIpc) is 2.21. The maximum atomic E-state index is 8.90. The lowest BCUT2D eigenvalue weighted by Crippen LogP contribution is -2.16. The molecule has 0 aromatic rings. The largest absolute Gasteiger partial charge is 0.392 e. The molecule has 1 aliphatic rings. The molecular weight excluding hydrogens is 156 g/mol. The summed E-state index contributed by atoms with van der Waals surface area (Å²) in [6, 6.07) is 0. The minimum absolute atomic E-state index is 0.118. The summed E-state index contributed by atoms with van der Waals surface area (Å²) >= 11 is 3.40. The first kappa shape index (κ1) is 5.57. The van der Waals surface area contributed by atoms with E-state index >= 15 is 0 Å². The molecule has 0 heterocycles. The second kappa shape index (κ2) is 1.46. The Labute approximate surface area is 51.9 Å². The van der Waals surface area contributed by atoms with E-state index in [4.69, 9.17) is 5.11 Å². The molecule has 0 radical (unpaired) electrons. The van der Waals surface area contributed by atoms with Crippen LogP contribution in [0.5, 0.6) is 0 Å². The first-order valence-electron chi connectivity index (χ1n) is 2.52. The number of alkyl halides is 1. The normalized spacial score (nSPS) is 29.6. The summed E-state index contributed by atoms with van der Waals surface area (Å²) in [5.74, 6) is 0. The van der Waals surface area contributed by atoms with Gasteiger partial charge in [-0.15, -0.1) is 0 Å². The molecule has 1 atom stereocenters. The second-order valence-corrected chi connectivity index (χ2v) is 3.79.